The second-order valence-electron chi connectivity index (χ2n) is 11.1. The lowest BCUT2D eigenvalue weighted by Crippen LogP contribution is -2.54. The lowest BCUT2D eigenvalue weighted by Gasteiger charge is -2.34. The van der Waals surface area contributed by atoms with Gasteiger partial charge < -0.3 is 10.2 Å². The van der Waals surface area contributed by atoms with Crippen LogP contribution >= 0.6 is 23.2 Å². The Kier molecular flexibility index (Phi) is 12.2. The average molecular weight is 721 g/mol. The fourth-order valence-corrected chi connectivity index (χ4v) is 6.88. The summed E-state index contributed by atoms with van der Waals surface area (Å²) in [6.45, 7) is 2.44. The van der Waals surface area contributed by atoms with Gasteiger partial charge in [-0.15, -0.1) is 0 Å². The molecule has 0 aromatic heterocycles. The van der Waals surface area contributed by atoms with Gasteiger partial charge in [-0.3, -0.25) is 13.9 Å². The number of nitrogens with zero attached hydrogens (tertiary/aromatic N) is 2. The van der Waals surface area contributed by atoms with Crippen molar-refractivity contribution in [3.05, 3.63) is 130 Å². The number of carbonyl (C=O) groups excluding carboxylic acids is 2. The van der Waals surface area contributed by atoms with Crippen molar-refractivity contribution in [3.63, 3.8) is 0 Å². The number of carbonyl (C=O) groups is 2. The first-order valence-corrected chi connectivity index (χ1v) is 17.2. The zero-order chi connectivity index (χ0) is 35.1. The van der Waals surface area contributed by atoms with Crippen LogP contribution in [0.1, 0.15) is 37.0 Å². The summed E-state index contributed by atoms with van der Waals surface area (Å²) in [6.07, 6.45) is -4.16. The van der Waals surface area contributed by atoms with Crippen LogP contribution in [0, 0.1) is 0 Å². The van der Waals surface area contributed by atoms with E-state index in [-0.39, 0.29) is 39.6 Å². The molecule has 48 heavy (non-hydrogen) atoms. The maximum Gasteiger partial charge on any atom is 0.416 e. The van der Waals surface area contributed by atoms with Gasteiger partial charge in [-0.25, -0.2) is 8.42 Å². The lowest BCUT2D eigenvalue weighted by molar-refractivity contribution is -0.140. The summed E-state index contributed by atoms with van der Waals surface area (Å²) in [6, 6.07) is 23.0. The highest BCUT2D eigenvalue weighted by Gasteiger charge is 2.37. The second-order valence-corrected chi connectivity index (χ2v) is 13.8. The summed E-state index contributed by atoms with van der Waals surface area (Å²) in [5, 5.41) is 3.31. The van der Waals surface area contributed by atoms with Crippen molar-refractivity contribution in [3.8, 4) is 0 Å². The van der Waals surface area contributed by atoms with Crippen molar-refractivity contribution in [2.75, 3.05) is 10.8 Å². The Balaban J connectivity index is 1.87. The zero-order valence-electron chi connectivity index (χ0n) is 26.1. The largest absolute Gasteiger partial charge is 0.416 e. The van der Waals surface area contributed by atoms with Crippen LogP contribution < -0.4 is 9.62 Å². The number of alkyl halides is 3. The molecule has 2 atom stereocenters. The first-order valence-electron chi connectivity index (χ1n) is 15.0. The Bertz CT molecular complexity index is 1810. The summed E-state index contributed by atoms with van der Waals surface area (Å²) in [7, 11) is -4.60. The highest BCUT2D eigenvalue weighted by molar-refractivity contribution is 7.92. The normalized spacial score (nSPS) is 13.0. The number of benzene rings is 4. The van der Waals surface area contributed by atoms with E-state index in [1.54, 1.807) is 61.5 Å². The molecule has 0 spiro atoms. The summed E-state index contributed by atoms with van der Waals surface area (Å²) >= 11 is 13.0. The van der Waals surface area contributed by atoms with Gasteiger partial charge in [0.05, 0.1) is 16.1 Å². The van der Waals surface area contributed by atoms with Crippen molar-refractivity contribution in [2.45, 2.75) is 56.4 Å². The number of sulfonamides is 1. The molecule has 0 saturated carbocycles. The molecule has 0 bridgehead atoms. The van der Waals surface area contributed by atoms with Gasteiger partial charge in [0, 0.05) is 34.6 Å². The number of anilines is 1. The lowest BCUT2D eigenvalue weighted by atomic mass is 10.0. The predicted octanol–water partition coefficient (Wildman–Crippen LogP) is 7.76. The molecule has 7 nitrogen and oxygen atoms in total. The van der Waals surface area contributed by atoms with Gasteiger partial charge in [-0.1, -0.05) is 90.8 Å². The molecular weight excluding hydrogens is 686 g/mol. The number of halogens is 5. The van der Waals surface area contributed by atoms with Crippen LogP contribution in [0.2, 0.25) is 10.0 Å². The molecule has 0 aliphatic heterocycles. The molecule has 0 aliphatic carbocycles. The molecule has 0 fully saturated rings. The van der Waals surface area contributed by atoms with Crippen molar-refractivity contribution in [2.24, 2.45) is 0 Å². The molecule has 1 N–H and O–H groups in total. The number of rotatable bonds is 13. The molecule has 0 unspecified atom stereocenters. The molecule has 2 amide bonds. The standard InChI is InChI=1S/C35H34Cl2F3N3O4S/c1-3-24(2)41-34(45)32(20-25-12-6-4-7-13-25)42(22-29-30(36)18-11-19-31(29)37)33(44)23-43(48(46,47)28-16-8-5-9-17-28)27-15-10-14-26(21-27)35(38,39)40/h4-19,21,24,32H,3,20,22-23H2,1-2H3,(H,41,45)/t24-,32+/m0/s1. The summed E-state index contributed by atoms with van der Waals surface area (Å²) in [4.78, 5) is 29.4. The van der Waals surface area contributed by atoms with Gasteiger partial charge in [0.15, 0.2) is 0 Å². The van der Waals surface area contributed by atoms with Crippen molar-refractivity contribution >= 4 is 50.7 Å². The van der Waals surface area contributed by atoms with Crippen LogP contribution in [0.25, 0.3) is 0 Å². The SMILES string of the molecule is CC[C@H](C)NC(=O)[C@@H](Cc1ccccc1)N(Cc1c(Cl)cccc1Cl)C(=O)CN(c1cccc(C(F)(F)F)c1)S(=O)(=O)c1ccccc1. The molecule has 4 rings (SSSR count). The Labute approximate surface area is 288 Å². The van der Waals surface area contributed by atoms with Crippen molar-refractivity contribution in [1.29, 1.82) is 0 Å². The minimum Gasteiger partial charge on any atom is -0.352 e. The van der Waals surface area contributed by atoms with Gasteiger partial charge in [-0.2, -0.15) is 13.2 Å². The van der Waals surface area contributed by atoms with Gasteiger partial charge in [-0.05, 0) is 61.4 Å². The molecule has 254 valence electrons. The van der Waals surface area contributed by atoms with E-state index in [0.717, 1.165) is 12.1 Å². The predicted molar refractivity (Wildman–Crippen MR) is 181 cm³/mol. The minimum atomic E-state index is -4.79. The van der Waals surface area contributed by atoms with Crippen LogP contribution in [0.3, 0.4) is 0 Å². The van der Waals surface area contributed by atoms with E-state index in [0.29, 0.717) is 27.9 Å². The van der Waals surface area contributed by atoms with E-state index in [2.05, 4.69) is 5.32 Å². The summed E-state index contributed by atoms with van der Waals surface area (Å²) in [5.74, 6) is -1.38. The van der Waals surface area contributed by atoms with Crippen LogP contribution in [0.5, 0.6) is 0 Å². The molecule has 0 aliphatic rings. The van der Waals surface area contributed by atoms with E-state index < -0.39 is 46.2 Å². The number of hydrogen-bond donors (Lipinski definition) is 1. The maximum atomic E-state index is 14.5. The number of hydrogen-bond acceptors (Lipinski definition) is 4. The van der Waals surface area contributed by atoms with Gasteiger partial charge >= 0.3 is 6.18 Å². The Morgan fingerprint density at radius 3 is 2.02 bits per heavy atom. The van der Waals surface area contributed by atoms with Crippen LogP contribution in [-0.4, -0.2) is 43.8 Å². The highest BCUT2D eigenvalue weighted by atomic mass is 35.5. The Hall–Kier alpha value is -4.06. The van der Waals surface area contributed by atoms with Gasteiger partial charge in [0.2, 0.25) is 11.8 Å². The first-order chi connectivity index (χ1) is 22.7. The second kappa shape index (κ2) is 15.9. The molecule has 0 saturated heterocycles. The van der Waals surface area contributed by atoms with E-state index in [4.69, 9.17) is 23.2 Å². The Morgan fingerprint density at radius 2 is 1.44 bits per heavy atom. The summed E-state index contributed by atoms with van der Waals surface area (Å²) in [5.41, 5.74) is -0.478. The zero-order valence-corrected chi connectivity index (χ0v) is 28.5. The van der Waals surface area contributed by atoms with Gasteiger partial charge in [0.1, 0.15) is 12.6 Å². The third-order valence-corrected chi connectivity index (χ3v) is 10.2. The topological polar surface area (TPSA) is 86.8 Å². The Morgan fingerprint density at radius 1 is 0.854 bits per heavy atom. The first kappa shape index (κ1) is 36.8. The smallest absolute Gasteiger partial charge is 0.352 e. The third kappa shape index (κ3) is 9.09. The molecular formula is C35H34Cl2F3N3O4S. The third-order valence-electron chi connectivity index (χ3n) is 7.73. The molecule has 13 heteroatoms. The van der Waals surface area contributed by atoms with Crippen LogP contribution in [-0.2, 0) is 38.8 Å². The number of amides is 2. The van der Waals surface area contributed by atoms with E-state index >= 15 is 0 Å². The van der Waals surface area contributed by atoms with E-state index in [9.17, 15) is 31.2 Å². The summed E-state index contributed by atoms with van der Waals surface area (Å²) < 4.78 is 70.1. The van der Waals surface area contributed by atoms with E-state index in [1.807, 2.05) is 6.92 Å². The van der Waals surface area contributed by atoms with Crippen LogP contribution in [0.15, 0.2) is 108 Å². The molecule has 0 heterocycles. The fourth-order valence-electron chi connectivity index (χ4n) is 4.93. The van der Waals surface area contributed by atoms with Crippen molar-refractivity contribution in [1.82, 2.24) is 10.2 Å². The number of nitrogens with one attached hydrogen (secondary N) is 1. The minimum absolute atomic E-state index is 0.0336. The average Bonchev–Trinajstić information content (AvgIpc) is 3.06. The molecule has 4 aromatic carbocycles. The monoisotopic (exact) mass is 719 g/mol. The van der Waals surface area contributed by atoms with Crippen molar-refractivity contribution < 1.29 is 31.2 Å². The highest BCUT2D eigenvalue weighted by Crippen LogP contribution is 2.34. The fraction of sp³-hybridized carbons (Fsp3) is 0.257. The molecule has 0 radical (unpaired) electrons. The van der Waals surface area contributed by atoms with Crippen LogP contribution in [0.4, 0.5) is 18.9 Å². The van der Waals surface area contributed by atoms with E-state index in [1.165, 1.54) is 35.2 Å². The quantitative estimate of drug-likeness (QED) is 0.153. The maximum absolute atomic E-state index is 14.5. The molecule has 4 aromatic rings. The van der Waals surface area contributed by atoms with Gasteiger partial charge in [0.25, 0.3) is 10.0 Å².